The minimum atomic E-state index is -3.75. The van der Waals surface area contributed by atoms with Crippen LogP contribution in [-0.2, 0) is 22.3 Å². The quantitative estimate of drug-likeness (QED) is 0.546. The molecule has 0 fully saturated rings. The Kier molecular flexibility index (Phi) is 5.80. The van der Waals surface area contributed by atoms with Crippen molar-refractivity contribution >= 4 is 49.3 Å². The summed E-state index contributed by atoms with van der Waals surface area (Å²) in [6, 6.07) is 4.84. The number of nitrogens with one attached hydrogen (secondary N) is 1. The van der Waals surface area contributed by atoms with Gasteiger partial charge in [0.1, 0.15) is 5.82 Å². The fraction of sp³-hybridized carbons (Fsp3) is 0.400. The number of unbranched alkanes of at least 4 members (excludes halogenated alkanes) is 1. The molecule has 0 spiro atoms. The van der Waals surface area contributed by atoms with E-state index < -0.39 is 10.0 Å². The van der Waals surface area contributed by atoms with Gasteiger partial charge in [-0.25, -0.2) is 18.5 Å². The van der Waals surface area contributed by atoms with E-state index in [0.717, 1.165) is 40.2 Å². The Bertz CT molecular complexity index is 1010. The van der Waals surface area contributed by atoms with Crippen molar-refractivity contribution in [1.29, 1.82) is 0 Å². The number of hydrogen-bond acceptors (Lipinski definition) is 8. The van der Waals surface area contributed by atoms with Gasteiger partial charge in [-0.2, -0.15) is 0 Å². The average Bonchev–Trinajstić information content (AvgIpc) is 3.20. The predicted octanol–water partition coefficient (Wildman–Crippen LogP) is 2.67. The molecule has 0 amide bonds. The number of aromatic nitrogens is 4. The fourth-order valence-corrected chi connectivity index (χ4v) is 4.69. The molecule has 3 N–H and O–H groups in total. The molecule has 0 unspecified atom stereocenters. The highest BCUT2D eigenvalue weighted by atomic mass is 32.2. The number of rotatable bonds is 8. The molecule has 3 aromatic rings. The van der Waals surface area contributed by atoms with Crippen LogP contribution in [0.1, 0.15) is 25.6 Å². The molecule has 0 saturated heterocycles. The zero-order valence-corrected chi connectivity index (χ0v) is 16.9. The van der Waals surface area contributed by atoms with Gasteiger partial charge in [-0.1, -0.05) is 36.4 Å². The summed E-state index contributed by atoms with van der Waals surface area (Å²) in [6.45, 7) is 2.96. The van der Waals surface area contributed by atoms with E-state index in [-0.39, 0.29) is 4.90 Å². The van der Waals surface area contributed by atoms with Crippen molar-refractivity contribution in [3.63, 3.8) is 0 Å². The zero-order chi connectivity index (χ0) is 18.7. The summed E-state index contributed by atoms with van der Waals surface area (Å²) < 4.78 is 26.2. The van der Waals surface area contributed by atoms with Gasteiger partial charge in [0.2, 0.25) is 15.2 Å². The predicted molar refractivity (Wildman–Crippen MR) is 105 cm³/mol. The first-order valence-electron chi connectivity index (χ1n) is 8.08. The molecule has 2 aromatic heterocycles. The topological polar surface area (TPSA) is 116 Å². The van der Waals surface area contributed by atoms with E-state index in [2.05, 4.69) is 32.0 Å². The minimum Gasteiger partial charge on any atom is -0.363 e. The first kappa shape index (κ1) is 19.1. The number of fused-ring (bicyclic) bond motifs is 1. The van der Waals surface area contributed by atoms with Crippen LogP contribution in [0.4, 0.5) is 5.13 Å². The highest BCUT2D eigenvalue weighted by molar-refractivity contribution is 8.00. The van der Waals surface area contributed by atoms with E-state index >= 15 is 0 Å². The molecule has 0 aliphatic rings. The van der Waals surface area contributed by atoms with E-state index in [1.165, 1.54) is 23.5 Å². The Labute approximate surface area is 160 Å². The summed E-state index contributed by atoms with van der Waals surface area (Å²) in [6.07, 6.45) is 2.08. The molecule has 0 aliphatic carbocycles. The lowest BCUT2D eigenvalue weighted by Crippen LogP contribution is -2.11. The smallest absolute Gasteiger partial charge is 0.238 e. The number of anilines is 1. The van der Waals surface area contributed by atoms with E-state index in [1.54, 1.807) is 17.8 Å². The summed E-state index contributed by atoms with van der Waals surface area (Å²) in [4.78, 5) is 4.72. The van der Waals surface area contributed by atoms with E-state index in [0.29, 0.717) is 11.3 Å². The standard InChI is InChI=1S/C15H20N6O2S3/c1-3-4-7-21-12-6-5-10(26(16,22)23)8-11(12)18-13(21)9-24-15-20-19-14(17-2)25-15/h5-6,8H,3-4,7,9H2,1-2H3,(H,17,19)(H2,16,22,23). The van der Waals surface area contributed by atoms with Gasteiger partial charge in [-0.3, -0.25) is 0 Å². The van der Waals surface area contributed by atoms with Crippen LogP contribution in [0.25, 0.3) is 11.0 Å². The monoisotopic (exact) mass is 412 g/mol. The number of nitrogens with zero attached hydrogens (tertiary/aromatic N) is 4. The number of sulfonamides is 1. The Hall–Kier alpha value is -1.69. The molecule has 3 rings (SSSR count). The number of benzene rings is 1. The molecule has 0 atom stereocenters. The Morgan fingerprint density at radius 2 is 2.15 bits per heavy atom. The Balaban J connectivity index is 1.93. The van der Waals surface area contributed by atoms with Crippen LogP contribution < -0.4 is 10.5 Å². The minimum absolute atomic E-state index is 0.0760. The average molecular weight is 413 g/mol. The summed E-state index contributed by atoms with van der Waals surface area (Å²) >= 11 is 3.05. The normalized spacial score (nSPS) is 12.0. The maximum atomic E-state index is 11.6. The molecule has 0 saturated carbocycles. The maximum Gasteiger partial charge on any atom is 0.238 e. The van der Waals surface area contributed by atoms with Gasteiger partial charge in [0.25, 0.3) is 0 Å². The number of thioether (sulfide) groups is 1. The van der Waals surface area contributed by atoms with Crippen molar-refractivity contribution < 1.29 is 8.42 Å². The van der Waals surface area contributed by atoms with E-state index in [1.807, 2.05) is 7.05 Å². The van der Waals surface area contributed by atoms with Crippen LogP contribution in [0.5, 0.6) is 0 Å². The van der Waals surface area contributed by atoms with Crippen LogP contribution >= 0.6 is 23.1 Å². The fourth-order valence-electron chi connectivity index (χ4n) is 2.51. The van der Waals surface area contributed by atoms with Gasteiger partial charge in [0.15, 0.2) is 4.34 Å². The van der Waals surface area contributed by atoms with Gasteiger partial charge < -0.3 is 9.88 Å². The SMILES string of the molecule is CCCCn1c(CSc2nnc(NC)s2)nc2cc(S(N)(=O)=O)ccc21. The summed E-state index contributed by atoms with van der Waals surface area (Å²) in [5.74, 6) is 1.51. The highest BCUT2D eigenvalue weighted by Gasteiger charge is 2.15. The highest BCUT2D eigenvalue weighted by Crippen LogP contribution is 2.29. The van der Waals surface area contributed by atoms with Crippen molar-refractivity contribution in [1.82, 2.24) is 19.7 Å². The van der Waals surface area contributed by atoms with E-state index in [9.17, 15) is 8.42 Å². The second kappa shape index (κ2) is 7.91. The zero-order valence-electron chi connectivity index (χ0n) is 14.5. The number of primary sulfonamides is 1. The van der Waals surface area contributed by atoms with Gasteiger partial charge >= 0.3 is 0 Å². The summed E-state index contributed by atoms with van der Waals surface area (Å²) in [7, 11) is -1.94. The van der Waals surface area contributed by atoms with Gasteiger partial charge in [-0.15, -0.1) is 10.2 Å². The first-order valence-corrected chi connectivity index (χ1v) is 11.4. The molecule has 11 heteroatoms. The number of aryl methyl sites for hydroxylation is 1. The van der Waals surface area contributed by atoms with Crippen LogP contribution in [0.3, 0.4) is 0 Å². The van der Waals surface area contributed by atoms with Gasteiger partial charge in [0, 0.05) is 13.6 Å². The second-order valence-electron chi connectivity index (χ2n) is 5.64. The van der Waals surface area contributed by atoms with Crippen molar-refractivity contribution in [2.24, 2.45) is 5.14 Å². The second-order valence-corrected chi connectivity index (χ2v) is 9.40. The lowest BCUT2D eigenvalue weighted by atomic mass is 10.3. The molecule has 0 radical (unpaired) electrons. The molecule has 26 heavy (non-hydrogen) atoms. The number of hydrogen-bond donors (Lipinski definition) is 2. The van der Waals surface area contributed by atoms with Crippen molar-refractivity contribution in [3.05, 3.63) is 24.0 Å². The van der Waals surface area contributed by atoms with Gasteiger partial charge in [0.05, 0.1) is 21.7 Å². The van der Waals surface area contributed by atoms with Crippen molar-refractivity contribution in [2.75, 3.05) is 12.4 Å². The van der Waals surface area contributed by atoms with Crippen LogP contribution in [-0.4, -0.2) is 35.2 Å². The molecular formula is C15H20N6O2S3. The van der Waals surface area contributed by atoms with Crippen molar-refractivity contribution in [2.45, 2.75) is 41.3 Å². The molecular weight excluding hydrogens is 392 g/mol. The molecule has 8 nitrogen and oxygen atoms in total. The van der Waals surface area contributed by atoms with Gasteiger partial charge in [-0.05, 0) is 24.6 Å². The lowest BCUT2D eigenvalue weighted by molar-refractivity contribution is 0.598. The lowest BCUT2D eigenvalue weighted by Gasteiger charge is -2.08. The molecule has 0 bridgehead atoms. The number of imidazole rings is 1. The first-order chi connectivity index (χ1) is 12.4. The van der Waals surface area contributed by atoms with E-state index in [4.69, 9.17) is 5.14 Å². The molecule has 0 aliphatic heterocycles. The van der Waals surface area contributed by atoms with Crippen LogP contribution in [0.2, 0.25) is 0 Å². The molecule has 1 aromatic carbocycles. The van der Waals surface area contributed by atoms with Crippen LogP contribution in [0.15, 0.2) is 27.4 Å². The maximum absolute atomic E-state index is 11.6. The number of nitrogens with two attached hydrogens (primary N) is 1. The third-order valence-corrected chi connectivity index (χ3v) is 6.79. The molecule has 2 heterocycles. The Morgan fingerprint density at radius 3 is 2.81 bits per heavy atom. The Morgan fingerprint density at radius 1 is 1.35 bits per heavy atom. The summed E-state index contributed by atoms with van der Waals surface area (Å²) in [5, 5.41) is 17.1. The third-order valence-electron chi connectivity index (χ3n) is 3.81. The third kappa shape index (κ3) is 4.17. The van der Waals surface area contributed by atoms with Crippen LogP contribution in [0, 0.1) is 0 Å². The molecule has 140 valence electrons. The van der Waals surface area contributed by atoms with Crippen molar-refractivity contribution in [3.8, 4) is 0 Å². The largest absolute Gasteiger partial charge is 0.363 e. The summed E-state index contributed by atoms with van der Waals surface area (Å²) in [5.41, 5.74) is 1.55.